The van der Waals surface area contributed by atoms with Gasteiger partial charge in [0.1, 0.15) is 27.9 Å². The monoisotopic (exact) mass is 584 g/mol. The Hall–Kier alpha value is -1.96. The number of hydrogen-bond donors (Lipinski definition) is 4. The molecule has 1 unspecified atom stereocenters. The van der Waals surface area contributed by atoms with E-state index >= 15 is 0 Å². The molecule has 4 rings (SSSR count). The average molecular weight is 585 g/mol. The first-order valence-electron chi connectivity index (χ1n) is 13.2. The van der Waals surface area contributed by atoms with Crippen molar-refractivity contribution in [3.05, 3.63) is 35.5 Å². The fourth-order valence-electron chi connectivity index (χ4n) is 6.00. The summed E-state index contributed by atoms with van der Waals surface area (Å²) in [6.07, 6.45) is 0.344. The zero-order valence-corrected chi connectivity index (χ0v) is 26.8. The van der Waals surface area contributed by atoms with Crippen molar-refractivity contribution in [2.45, 2.75) is 71.5 Å². The van der Waals surface area contributed by atoms with Gasteiger partial charge in [0.05, 0.1) is 6.04 Å². The van der Waals surface area contributed by atoms with E-state index in [1.807, 2.05) is 52.8 Å². The molecule has 0 bridgehead atoms. The second-order valence-corrected chi connectivity index (χ2v) is 13.4. The zero-order chi connectivity index (χ0) is 29.0. The third-order valence-corrected chi connectivity index (χ3v) is 9.29. The number of aliphatic hydroxyl groups is 1. The maximum absolute atomic E-state index is 13.9. The Morgan fingerprint density at radius 2 is 1.85 bits per heavy atom. The van der Waals surface area contributed by atoms with Crippen LogP contribution in [0.15, 0.2) is 24.3 Å². The molecule has 1 aliphatic heterocycles. The van der Waals surface area contributed by atoms with E-state index in [-0.39, 0.29) is 52.7 Å². The number of fused-ring (bicyclic) bond motifs is 2. The maximum Gasteiger partial charge on any atom is 1.00 e. The molecular formula is C27H37N4NaO7S. The maximum atomic E-state index is 13.9. The molecule has 2 aliphatic rings. The summed E-state index contributed by atoms with van der Waals surface area (Å²) in [7, 11) is -5.05. The molecule has 2 fully saturated rings. The number of carbonyl (C=O) groups excluding carboxylic acids is 3. The van der Waals surface area contributed by atoms with Gasteiger partial charge in [-0.1, -0.05) is 39.8 Å². The van der Waals surface area contributed by atoms with Crippen molar-refractivity contribution >= 4 is 38.7 Å². The molecule has 1 saturated heterocycles. The molecule has 0 radical (unpaired) electrons. The van der Waals surface area contributed by atoms with Crippen molar-refractivity contribution in [2.24, 2.45) is 23.2 Å². The van der Waals surface area contributed by atoms with Crippen LogP contribution in [0.5, 0.6) is 0 Å². The quantitative estimate of drug-likeness (QED) is 0.205. The van der Waals surface area contributed by atoms with Crippen molar-refractivity contribution in [3.63, 3.8) is 0 Å². The molecule has 6 atom stereocenters. The molecule has 4 N–H and O–H groups in total. The molecular weight excluding hydrogens is 547 g/mol. The number of nitrogens with zero attached hydrogens (tertiary/aromatic N) is 1. The number of benzene rings is 1. The van der Waals surface area contributed by atoms with Crippen molar-refractivity contribution in [3.8, 4) is 0 Å². The Kier molecular flexibility index (Phi) is 9.55. The van der Waals surface area contributed by atoms with E-state index in [0.717, 1.165) is 16.5 Å². The molecule has 1 aliphatic carbocycles. The number of aromatic amines is 1. The number of aryl methyl sites for hydroxylation is 1. The predicted octanol–water partition coefficient (Wildman–Crippen LogP) is -1.52. The van der Waals surface area contributed by atoms with E-state index in [1.54, 1.807) is 6.07 Å². The average Bonchev–Trinajstić information content (AvgIpc) is 3.22. The normalized spacial score (nSPS) is 23.6. The molecule has 1 saturated carbocycles. The molecule has 1 aromatic carbocycles. The van der Waals surface area contributed by atoms with Gasteiger partial charge in [-0.15, -0.1) is 0 Å². The van der Waals surface area contributed by atoms with Crippen LogP contribution in [0.4, 0.5) is 0 Å². The Morgan fingerprint density at radius 3 is 2.42 bits per heavy atom. The van der Waals surface area contributed by atoms with Crippen molar-refractivity contribution in [2.75, 3.05) is 6.54 Å². The molecule has 2 aromatic rings. The van der Waals surface area contributed by atoms with E-state index < -0.39 is 51.4 Å². The van der Waals surface area contributed by atoms with Crippen LogP contribution in [-0.4, -0.2) is 75.8 Å². The Balaban J connectivity index is 0.00000441. The van der Waals surface area contributed by atoms with Gasteiger partial charge >= 0.3 is 29.6 Å². The number of hydrogen-bond acceptors (Lipinski definition) is 7. The first-order chi connectivity index (χ1) is 18.0. The molecule has 3 amide bonds. The van der Waals surface area contributed by atoms with E-state index in [1.165, 1.54) is 11.8 Å². The fraction of sp³-hybridized carbons (Fsp3) is 0.593. The summed E-state index contributed by atoms with van der Waals surface area (Å²) in [4.78, 5) is 45.0. The van der Waals surface area contributed by atoms with E-state index in [2.05, 4.69) is 15.6 Å². The van der Waals surface area contributed by atoms with Crippen LogP contribution in [-0.2, 0) is 19.7 Å². The smallest absolute Gasteiger partial charge is 0.746 e. The van der Waals surface area contributed by atoms with Gasteiger partial charge in [0, 0.05) is 17.4 Å². The van der Waals surface area contributed by atoms with Gasteiger partial charge in [-0.05, 0) is 61.1 Å². The molecule has 0 spiro atoms. The van der Waals surface area contributed by atoms with Crippen LogP contribution in [0.25, 0.3) is 10.9 Å². The summed E-state index contributed by atoms with van der Waals surface area (Å²) in [5.41, 5.74) is -0.397. The summed E-state index contributed by atoms with van der Waals surface area (Å²) in [6.45, 7) is 11.3. The Labute approximate surface area is 256 Å². The standard InChI is InChI=1S/C27H38N4O7S.Na/c1-13(2)10-20(30-23(32)19-11-16-14(3)8-7-9-18(16)29-19)25(34)31-12-17-21(27(17,5)6)22(31)24(33)28-15(4)26(35)39(36,37)38;/h7-9,11,13,15,17,20-22,26,29,35H,10,12H2,1-6H3,(H,28,33)(H,30,32)(H,36,37,38);/q;+1/p-1/t15-,17-,20-,21-,22-,26?;/m0./s1. The summed E-state index contributed by atoms with van der Waals surface area (Å²) in [6, 6.07) is 4.26. The minimum absolute atomic E-state index is 0. The number of likely N-dealkylation sites (tertiary alicyclic amines) is 1. The summed E-state index contributed by atoms with van der Waals surface area (Å²) < 4.78 is 33.7. The summed E-state index contributed by atoms with van der Waals surface area (Å²) >= 11 is 0. The molecule has 1 aromatic heterocycles. The Bertz CT molecular complexity index is 1410. The summed E-state index contributed by atoms with van der Waals surface area (Å²) in [5, 5.41) is 16.0. The van der Waals surface area contributed by atoms with Crippen molar-refractivity contribution in [1.82, 2.24) is 20.5 Å². The van der Waals surface area contributed by atoms with E-state index in [4.69, 9.17) is 0 Å². The van der Waals surface area contributed by atoms with Crippen LogP contribution < -0.4 is 40.2 Å². The molecule has 214 valence electrons. The van der Waals surface area contributed by atoms with Gasteiger partial charge in [-0.25, -0.2) is 8.42 Å². The fourth-order valence-corrected chi connectivity index (χ4v) is 6.57. The first kappa shape index (κ1) is 32.6. The van der Waals surface area contributed by atoms with Gasteiger partial charge in [-0.2, -0.15) is 0 Å². The number of aromatic nitrogens is 1. The van der Waals surface area contributed by atoms with Crippen molar-refractivity contribution < 1.29 is 62.0 Å². The van der Waals surface area contributed by atoms with Gasteiger partial charge in [0.25, 0.3) is 5.91 Å². The molecule has 13 heteroatoms. The largest absolute Gasteiger partial charge is 1.00 e. The second-order valence-electron chi connectivity index (χ2n) is 11.9. The van der Waals surface area contributed by atoms with Crippen LogP contribution in [0.2, 0.25) is 0 Å². The topological polar surface area (TPSA) is 172 Å². The number of aliphatic hydroxyl groups excluding tert-OH is 1. The minimum Gasteiger partial charge on any atom is -0.746 e. The SMILES string of the molecule is Cc1cccc2[nH]c(C(=O)N[C@@H](CC(C)C)C(=O)N3C[C@H]4[C@@H]([C@H]3C(=O)N[C@@H](C)C(O)S(=O)(=O)[O-])C4(C)C)cc12.[Na+]. The van der Waals surface area contributed by atoms with E-state index in [0.29, 0.717) is 18.7 Å². The third kappa shape index (κ3) is 6.27. The first-order valence-corrected chi connectivity index (χ1v) is 14.6. The number of piperidine rings is 1. The predicted molar refractivity (Wildman–Crippen MR) is 143 cm³/mol. The minimum atomic E-state index is -5.05. The van der Waals surface area contributed by atoms with Gasteiger partial charge < -0.3 is 30.2 Å². The molecule has 40 heavy (non-hydrogen) atoms. The van der Waals surface area contributed by atoms with Crippen LogP contribution in [0.3, 0.4) is 0 Å². The molecule has 11 nitrogen and oxygen atoms in total. The molecule has 2 heterocycles. The number of nitrogens with one attached hydrogen (secondary N) is 3. The third-order valence-electron chi connectivity index (χ3n) is 8.29. The van der Waals surface area contributed by atoms with Crippen LogP contribution >= 0.6 is 0 Å². The van der Waals surface area contributed by atoms with Gasteiger partial charge in [0.2, 0.25) is 11.8 Å². The summed E-state index contributed by atoms with van der Waals surface area (Å²) in [5.74, 6) is -1.56. The van der Waals surface area contributed by atoms with Crippen molar-refractivity contribution in [1.29, 1.82) is 0 Å². The van der Waals surface area contributed by atoms with Crippen LogP contribution in [0.1, 0.15) is 57.1 Å². The van der Waals surface area contributed by atoms with E-state index in [9.17, 15) is 32.5 Å². The van der Waals surface area contributed by atoms with Gasteiger partial charge in [0.15, 0.2) is 5.44 Å². The van der Waals surface area contributed by atoms with Crippen LogP contribution in [0, 0.1) is 30.1 Å². The Morgan fingerprint density at radius 1 is 1.20 bits per heavy atom. The van der Waals surface area contributed by atoms with Gasteiger partial charge in [-0.3, -0.25) is 14.4 Å². The zero-order valence-electron chi connectivity index (χ0n) is 24.0. The number of H-pyrrole nitrogens is 1. The second kappa shape index (κ2) is 11.7. The number of amides is 3. The number of rotatable bonds is 9. The number of carbonyl (C=O) groups is 3.